The second-order valence-corrected chi connectivity index (χ2v) is 4.18. The fourth-order valence-electron chi connectivity index (χ4n) is 1.51. The molecule has 0 spiro atoms. The van der Waals surface area contributed by atoms with Crippen molar-refractivity contribution in [2.24, 2.45) is 5.73 Å². The molecule has 1 aromatic heterocycles. The number of aromatic nitrogens is 3. The first-order valence-corrected chi connectivity index (χ1v) is 5.87. The molecule has 6 heteroatoms. The number of hydrogen-bond donors (Lipinski definition) is 2. The maximum absolute atomic E-state index is 12.0. The van der Waals surface area contributed by atoms with Crippen LogP contribution in [0.5, 0.6) is 0 Å². The quantitative estimate of drug-likeness (QED) is 0.859. The number of nitrogens with zero attached hydrogens (tertiary/aromatic N) is 3. The average molecular weight is 257 g/mol. The van der Waals surface area contributed by atoms with Gasteiger partial charge in [0.25, 0.3) is 0 Å². The first-order chi connectivity index (χ1) is 9.08. The monoisotopic (exact) mass is 257 g/mol. The Labute approximate surface area is 111 Å². The number of nitrogens with two attached hydrogens (primary N) is 1. The van der Waals surface area contributed by atoms with Crippen molar-refractivity contribution < 1.29 is 4.79 Å². The smallest absolute Gasteiger partial charge is 0.249 e. The number of anilines is 1. The molecule has 6 nitrogen and oxygen atoms in total. The van der Waals surface area contributed by atoms with Gasteiger partial charge < -0.3 is 5.73 Å². The summed E-state index contributed by atoms with van der Waals surface area (Å²) in [4.78, 5) is 16.1. The van der Waals surface area contributed by atoms with Gasteiger partial charge in [-0.3, -0.25) is 10.1 Å². The lowest BCUT2D eigenvalue weighted by molar-refractivity contribution is -0.117. The second kappa shape index (κ2) is 5.53. The molecule has 0 saturated carbocycles. The highest BCUT2D eigenvalue weighted by molar-refractivity contribution is 5.93. The molecule has 1 amide bonds. The summed E-state index contributed by atoms with van der Waals surface area (Å²) in [5, 5.41) is 10.3. The van der Waals surface area contributed by atoms with E-state index in [1.54, 1.807) is 26.0 Å². The van der Waals surface area contributed by atoms with Gasteiger partial charge in [0, 0.05) is 0 Å². The number of hydrogen-bond acceptors (Lipinski definition) is 5. The van der Waals surface area contributed by atoms with Crippen LogP contribution in [0.3, 0.4) is 0 Å². The Bertz CT molecular complexity index is 585. The van der Waals surface area contributed by atoms with Crippen LogP contribution in [0.15, 0.2) is 30.3 Å². The minimum atomic E-state index is -0.758. The number of carbonyl (C=O) groups is 1. The van der Waals surface area contributed by atoms with Gasteiger partial charge >= 0.3 is 0 Å². The zero-order chi connectivity index (χ0) is 13.8. The molecular weight excluding hydrogens is 242 g/mol. The zero-order valence-electron chi connectivity index (χ0n) is 10.8. The third-order valence-corrected chi connectivity index (χ3v) is 2.77. The van der Waals surface area contributed by atoms with Gasteiger partial charge in [0.05, 0.1) is 11.4 Å². The van der Waals surface area contributed by atoms with E-state index in [1.807, 2.05) is 18.2 Å². The standard InChI is InChI=1S/C13H15N5O/c1-8-9(2)17-18-13(15-8)16-12(19)11(14)10-6-4-3-5-7-10/h3-7,11H,14H2,1-2H3,(H,15,16,18,19)/t11-/m0/s1. The number of amides is 1. The van der Waals surface area contributed by atoms with Crippen molar-refractivity contribution in [1.82, 2.24) is 15.2 Å². The molecule has 1 heterocycles. The van der Waals surface area contributed by atoms with E-state index in [1.165, 1.54) is 0 Å². The molecule has 19 heavy (non-hydrogen) atoms. The molecule has 0 radical (unpaired) electrons. The van der Waals surface area contributed by atoms with E-state index in [0.29, 0.717) is 0 Å². The predicted molar refractivity (Wildman–Crippen MR) is 71.3 cm³/mol. The fraction of sp³-hybridized carbons (Fsp3) is 0.231. The summed E-state index contributed by atoms with van der Waals surface area (Å²) in [5.41, 5.74) is 8.05. The van der Waals surface area contributed by atoms with Crippen LogP contribution < -0.4 is 11.1 Å². The number of nitrogens with one attached hydrogen (secondary N) is 1. The molecule has 0 unspecified atom stereocenters. The molecule has 0 aliphatic heterocycles. The lowest BCUT2D eigenvalue weighted by atomic mass is 10.1. The van der Waals surface area contributed by atoms with Crippen molar-refractivity contribution in [2.45, 2.75) is 19.9 Å². The Kier molecular flexibility index (Phi) is 3.82. The van der Waals surface area contributed by atoms with Crippen molar-refractivity contribution in [3.63, 3.8) is 0 Å². The summed E-state index contributed by atoms with van der Waals surface area (Å²) >= 11 is 0. The molecule has 0 bridgehead atoms. The van der Waals surface area contributed by atoms with Gasteiger partial charge in [-0.25, -0.2) is 4.98 Å². The second-order valence-electron chi connectivity index (χ2n) is 4.18. The van der Waals surface area contributed by atoms with Crippen molar-refractivity contribution in [2.75, 3.05) is 5.32 Å². The van der Waals surface area contributed by atoms with Crippen LogP contribution in [-0.4, -0.2) is 21.1 Å². The summed E-state index contributed by atoms with van der Waals surface area (Å²) in [6.45, 7) is 3.60. The predicted octanol–water partition coefficient (Wildman–Crippen LogP) is 1.13. The van der Waals surface area contributed by atoms with E-state index in [9.17, 15) is 4.79 Å². The number of aryl methyl sites for hydroxylation is 2. The highest BCUT2D eigenvalue weighted by Crippen LogP contribution is 2.11. The maximum atomic E-state index is 12.0. The summed E-state index contributed by atoms with van der Waals surface area (Å²) in [6, 6.07) is 8.36. The first-order valence-electron chi connectivity index (χ1n) is 5.87. The lowest BCUT2D eigenvalue weighted by Gasteiger charge is -2.11. The third kappa shape index (κ3) is 3.11. The van der Waals surface area contributed by atoms with Crippen LogP contribution in [0.4, 0.5) is 5.95 Å². The van der Waals surface area contributed by atoms with Crippen LogP contribution in [0.2, 0.25) is 0 Å². The minimum Gasteiger partial charge on any atom is -0.316 e. The molecule has 0 aliphatic carbocycles. The van der Waals surface area contributed by atoms with Crippen molar-refractivity contribution in [3.05, 3.63) is 47.3 Å². The SMILES string of the molecule is Cc1nnc(NC(=O)[C@@H](N)c2ccccc2)nc1C. The van der Waals surface area contributed by atoms with Crippen molar-refractivity contribution in [1.29, 1.82) is 0 Å². The Morgan fingerprint density at radius 2 is 1.84 bits per heavy atom. The van der Waals surface area contributed by atoms with Gasteiger partial charge in [0.15, 0.2) is 0 Å². The Hall–Kier alpha value is -2.34. The van der Waals surface area contributed by atoms with E-state index < -0.39 is 6.04 Å². The maximum Gasteiger partial charge on any atom is 0.249 e. The molecule has 0 aliphatic rings. The largest absolute Gasteiger partial charge is 0.316 e. The van der Waals surface area contributed by atoms with E-state index >= 15 is 0 Å². The molecule has 0 saturated heterocycles. The number of rotatable bonds is 3. The molecule has 2 rings (SSSR count). The lowest BCUT2D eigenvalue weighted by Crippen LogP contribution is -2.28. The molecule has 2 aromatic rings. The average Bonchev–Trinajstić information content (AvgIpc) is 2.43. The summed E-state index contributed by atoms with van der Waals surface area (Å²) in [6.07, 6.45) is 0. The highest BCUT2D eigenvalue weighted by Gasteiger charge is 2.16. The van der Waals surface area contributed by atoms with Crippen LogP contribution in [-0.2, 0) is 4.79 Å². The minimum absolute atomic E-state index is 0.166. The van der Waals surface area contributed by atoms with Gasteiger partial charge in [-0.2, -0.15) is 5.10 Å². The number of carbonyl (C=O) groups excluding carboxylic acids is 1. The topological polar surface area (TPSA) is 93.8 Å². The van der Waals surface area contributed by atoms with Gasteiger partial charge in [-0.05, 0) is 19.4 Å². The van der Waals surface area contributed by atoms with Crippen LogP contribution in [0, 0.1) is 13.8 Å². The Morgan fingerprint density at radius 3 is 2.47 bits per heavy atom. The first kappa shape index (κ1) is 13.1. The molecule has 1 aromatic carbocycles. The van der Waals surface area contributed by atoms with Gasteiger partial charge in [0.2, 0.25) is 11.9 Å². The van der Waals surface area contributed by atoms with E-state index in [4.69, 9.17) is 5.73 Å². The summed E-state index contributed by atoms with van der Waals surface area (Å²) < 4.78 is 0. The summed E-state index contributed by atoms with van der Waals surface area (Å²) in [7, 11) is 0. The zero-order valence-corrected chi connectivity index (χ0v) is 10.8. The summed E-state index contributed by atoms with van der Waals surface area (Å²) in [5.74, 6) is -0.198. The Balaban J connectivity index is 2.10. The molecule has 98 valence electrons. The van der Waals surface area contributed by atoms with Crippen molar-refractivity contribution >= 4 is 11.9 Å². The van der Waals surface area contributed by atoms with Crippen LogP contribution >= 0.6 is 0 Å². The number of benzene rings is 1. The normalized spacial score (nSPS) is 11.9. The fourth-order valence-corrected chi connectivity index (χ4v) is 1.51. The van der Waals surface area contributed by atoms with E-state index in [2.05, 4.69) is 20.5 Å². The van der Waals surface area contributed by atoms with Crippen LogP contribution in [0.1, 0.15) is 23.0 Å². The van der Waals surface area contributed by atoms with Crippen molar-refractivity contribution in [3.8, 4) is 0 Å². The third-order valence-electron chi connectivity index (χ3n) is 2.77. The van der Waals surface area contributed by atoms with E-state index in [0.717, 1.165) is 17.0 Å². The van der Waals surface area contributed by atoms with Gasteiger partial charge in [-0.15, -0.1) is 5.10 Å². The molecular formula is C13H15N5O. The Morgan fingerprint density at radius 1 is 1.16 bits per heavy atom. The van der Waals surface area contributed by atoms with Crippen LogP contribution in [0.25, 0.3) is 0 Å². The highest BCUT2D eigenvalue weighted by atomic mass is 16.2. The molecule has 1 atom stereocenters. The molecule has 3 N–H and O–H groups in total. The molecule has 0 fully saturated rings. The van der Waals surface area contributed by atoms with E-state index in [-0.39, 0.29) is 11.9 Å². The van der Waals surface area contributed by atoms with Gasteiger partial charge in [0.1, 0.15) is 6.04 Å². The van der Waals surface area contributed by atoms with Gasteiger partial charge in [-0.1, -0.05) is 30.3 Å².